The Morgan fingerprint density at radius 1 is 0.611 bits per heavy atom. The molecule has 0 aliphatic heterocycles. The summed E-state index contributed by atoms with van der Waals surface area (Å²) in [7, 11) is -1.96. The molecule has 0 heterocycles. The van der Waals surface area contributed by atoms with Crippen molar-refractivity contribution in [1.29, 1.82) is 0 Å². The van der Waals surface area contributed by atoms with Crippen LogP contribution in [-0.4, -0.2) is 66.3 Å². The molecular formula is C12H36Li2N2Si2. The Morgan fingerprint density at radius 3 is 0.833 bits per heavy atom. The maximum atomic E-state index is 3.74. The summed E-state index contributed by atoms with van der Waals surface area (Å²) >= 11 is 0. The van der Waals surface area contributed by atoms with E-state index in [1.54, 1.807) is 0 Å². The van der Waals surface area contributed by atoms with Gasteiger partial charge in [-0.1, -0.05) is 67.0 Å². The van der Waals surface area contributed by atoms with E-state index in [0.29, 0.717) is 12.1 Å². The van der Waals surface area contributed by atoms with Crippen LogP contribution in [0.1, 0.15) is 27.7 Å². The van der Waals surface area contributed by atoms with Gasteiger partial charge in [-0.3, -0.25) is 0 Å². The van der Waals surface area contributed by atoms with Gasteiger partial charge in [0.15, 0.2) is 0 Å². The van der Waals surface area contributed by atoms with Crippen LogP contribution in [0.2, 0.25) is 39.3 Å². The van der Waals surface area contributed by atoms with Crippen LogP contribution in [0.5, 0.6) is 0 Å². The molecule has 0 saturated carbocycles. The second-order valence-electron chi connectivity index (χ2n) is 7.10. The molecule has 0 fully saturated rings. The normalized spacial score (nSPS) is 11.3. The van der Waals surface area contributed by atoms with E-state index in [4.69, 9.17) is 0 Å². The predicted octanol–water partition coefficient (Wildman–Crippen LogP) is 2.34. The topological polar surface area (TPSA) is 24.1 Å². The Morgan fingerprint density at radius 2 is 0.833 bits per heavy atom. The third-order valence-electron chi connectivity index (χ3n) is 1.42. The Balaban J connectivity index is -0.000000100. The molecule has 0 aliphatic carbocycles. The summed E-state index contributed by atoms with van der Waals surface area (Å²) in [6.45, 7) is 22.7. The molecule has 2 nitrogen and oxygen atoms in total. The molecule has 18 heavy (non-hydrogen) atoms. The van der Waals surface area contributed by atoms with Crippen LogP contribution in [-0.2, 0) is 0 Å². The van der Waals surface area contributed by atoms with Crippen LogP contribution < -0.4 is 9.96 Å². The van der Waals surface area contributed by atoms with Gasteiger partial charge in [0.1, 0.15) is 16.5 Å². The Labute approximate surface area is 142 Å². The first-order valence-electron chi connectivity index (χ1n) is 6.39. The fraction of sp³-hybridized carbons (Fsp3) is 1.00. The van der Waals surface area contributed by atoms with E-state index in [0.717, 1.165) is 0 Å². The fourth-order valence-corrected chi connectivity index (χ4v) is 10.8. The molecule has 6 heteroatoms. The molecule has 0 atom stereocenters. The Hall–Kier alpha value is 1.55. The Kier molecular flexibility index (Phi) is 19.0. The van der Waals surface area contributed by atoms with Gasteiger partial charge >= 0.3 is 37.7 Å². The standard InChI is InChI=1S/C6H19NSi2.C6H15N.2Li.2H/c1-8(2,3)7-9(4,5)6;1-5(2)7-6(3)4;;;;/h7H,1-6H3;5-7H,1-4H3;;;;. The number of nitrogens with one attached hydrogen (secondary N) is 2. The molecule has 0 bridgehead atoms. The first-order valence-corrected chi connectivity index (χ1v) is 13.4. The molecule has 0 saturated heterocycles. The summed E-state index contributed by atoms with van der Waals surface area (Å²) in [4.78, 5) is 0. The third kappa shape index (κ3) is 36.0. The molecule has 0 aromatic rings. The predicted molar refractivity (Wildman–Crippen MR) is 97.5 cm³/mol. The first-order chi connectivity index (χ1) is 6.83. The second-order valence-corrected chi connectivity index (χ2v) is 17.1. The van der Waals surface area contributed by atoms with Crippen molar-refractivity contribution in [2.45, 2.75) is 79.1 Å². The zero-order valence-electron chi connectivity index (χ0n) is 13.2. The minimum absolute atomic E-state index is 0. The molecule has 104 valence electrons. The summed E-state index contributed by atoms with van der Waals surface area (Å²) in [6.07, 6.45) is 0. The van der Waals surface area contributed by atoms with Gasteiger partial charge in [-0.2, -0.15) is 0 Å². The van der Waals surface area contributed by atoms with Gasteiger partial charge in [0.05, 0.1) is 0 Å². The van der Waals surface area contributed by atoms with E-state index in [-0.39, 0.29) is 37.7 Å². The van der Waals surface area contributed by atoms with Crippen molar-refractivity contribution in [3.05, 3.63) is 0 Å². The van der Waals surface area contributed by atoms with E-state index in [9.17, 15) is 0 Å². The second kappa shape index (κ2) is 12.3. The molecule has 0 amide bonds. The molecule has 0 unspecified atom stereocenters. The van der Waals surface area contributed by atoms with Crippen molar-refractivity contribution < 1.29 is 0 Å². The summed E-state index contributed by atoms with van der Waals surface area (Å²) in [5.41, 5.74) is 0. The van der Waals surface area contributed by atoms with E-state index >= 15 is 0 Å². The van der Waals surface area contributed by atoms with Crippen molar-refractivity contribution in [1.82, 2.24) is 9.96 Å². The molecule has 0 rings (SSSR count). The molecule has 0 aliphatic rings. The fourth-order valence-electron chi connectivity index (χ4n) is 1.79. The van der Waals surface area contributed by atoms with E-state index < -0.39 is 16.5 Å². The van der Waals surface area contributed by atoms with E-state index in [1.807, 2.05) is 0 Å². The first kappa shape index (κ1) is 27.8. The van der Waals surface area contributed by atoms with Gasteiger partial charge in [-0.05, 0) is 0 Å². The van der Waals surface area contributed by atoms with Crippen molar-refractivity contribution >= 4 is 54.2 Å². The van der Waals surface area contributed by atoms with E-state index in [1.165, 1.54) is 0 Å². The molecule has 0 spiro atoms. The van der Waals surface area contributed by atoms with Crippen molar-refractivity contribution in [3.8, 4) is 0 Å². The molecule has 0 radical (unpaired) electrons. The number of rotatable bonds is 4. The van der Waals surface area contributed by atoms with Crippen LogP contribution in [0.3, 0.4) is 0 Å². The Bertz CT molecular complexity index is 158. The summed E-state index contributed by atoms with van der Waals surface area (Å²) in [6, 6.07) is 1.25. The van der Waals surface area contributed by atoms with Crippen LogP contribution in [0, 0.1) is 0 Å². The minimum atomic E-state index is -0.981. The van der Waals surface area contributed by atoms with Gasteiger partial charge in [0.2, 0.25) is 0 Å². The van der Waals surface area contributed by atoms with Gasteiger partial charge in [-0.15, -0.1) is 0 Å². The average Bonchev–Trinajstić information content (AvgIpc) is 1.72. The zero-order valence-corrected chi connectivity index (χ0v) is 15.2. The van der Waals surface area contributed by atoms with Crippen LogP contribution >= 0.6 is 0 Å². The number of hydrogen-bond acceptors (Lipinski definition) is 2. The quantitative estimate of drug-likeness (QED) is 0.771. The number of hydrogen-bond donors (Lipinski definition) is 2. The van der Waals surface area contributed by atoms with Crippen molar-refractivity contribution in [2.75, 3.05) is 0 Å². The average molecular weight is 278 g/mol. The maximum absolute atomic E-state index is 3.74. The van der Waals surface area contributed by atoms with Gasteiger partial charge in [0.25, 0.3) is 0 Å². The zero-order chi connectivity index (χ0) is 13.6. The van der Waals surface area contributed by atoms with Crippen molar-refractivity contribution in [2.24, 2.45) is 0 Å². The molecule has 2 N–H and O–H groups in total. The van der Waals surface area contributed by atoms with Gasteiger partial charge in [-0.25, -0.2) is 0 Å². The van der Waals surface area contributed by atoms with Crippen LogP contribution in [0.4, 0.5) is 0 Å². The molecule has 0 aromatic carbocycles. The summed E-state index contributed by atoms with van der Waals surface area (Å²) < 4.78 is 3.74. The summed E-state index contributed by atoms with van der Waals surface area (Å²) in [5, 5.41) is 3.31. The van der Waals surface area contributed by atoms with Crippen molar-refractivity contribution in [3.63, 3.8) is 0 Å². The summed E-state index contributed by atoms with van der Waals surface area (Å²) in [5.74, 6) is 0. The van der Waals surface area contributed by atoms with Gasteiger partial charge in [0, 0.05) is 12.1 Å². The van der Waals surface area contributed by atoms with E-state index in [2.05, 4.69) is 76.9 Å². The SMILES string of the molecule is CC(C)NC(C)C.C[Si](C)(C)N[Si](C)(C)C.[LiH].[LiH]. The monoisotopic (exact) mass is 278 g/mol. The molecular weight excluding hydrogens is 242 g/mol. The van der Waals surface area contributed by atoms with Crippen LogP contribution in [0.25, 0.3) is 0 Å². The van der Waals surface area contributed by atoms with Crippen LogP contribution in [0.15, 0.2) is 0 Å². The van der Waals surface area contributed by atoms with Gasteiger partial charge < -0.3 is 9.96 Å². The molecule has 0 aromatic heterocycles. The third-order valence-corrected chi connectivity index (χ3v) is 7.42.